The smallest absolute Gasteiger partial charge is 0.317 e. The van der Waals surface area contributed by atoms with Crippen molar-refractivity contribution in [3.8, 4) is 23.0 Å². The Morgan fingerprint density at radius 2 is 1.94 bits per heavy atom. The molecule has 8 nitrogen and oxygen atoms in total. The molecular weight excluding hydrogens is 408 g/mol. The van der Waals surface area contributed by atoms with Crippen molar-refractivity contribution < 1.29 is 18.9 Å². The van der Waals surface area contributed by atoms with E-state index in [1.54, 1.807) is 0 Å². The zero-order valence-corrected chi connectivity index (χ0v) is 19.1. The summed E-state index contributed by atoms with van der Waals surface area (Å²) in [5.41, 5.74) is 6.44. The largest absolute Gasteiger partial charge is 0.480 e. The van der Waals surface area contributed by atoms with Crippen molar-refractivity contribution in [3.05, 3.63) is 40.1 Å². The SMILES string of the molecule is Cc1cc(-c2noc(-c3noc4c3CCC(C)(C)C4)n2)cc(C)c1CCCNCC(=O)O. The van der Waals surface area contributed by atoms with Crippen molar-refractivity contribution in [3.63, 3.8) is 0 Å². The Hall–Kier alpha value is -3.00. The van der Waals surface area contributed by atoms with E-state index in [0.717, 1.165) is 60.1 Å². The Bertz CT molecular complexity index is 1110. The van der Waals surface area contributed by atoms with E-state index in [4.69, 9.17) is 14.2 Å². The minimum absolute atomic E-state index is 0.0104. The number of carboxylic acid groups (broad SMARTS) is 1. The third-order valence-corrected chi connectivity index (χ3v) is 6.20. The lowest BCUT2D eigenvalue weighted by molar-refractivity contribution is -0.135. The van der Waals surface area contributed by atoms with Crippen LogP contribution in [-0.4, -0.2) is 39.5 Å². The molecular formula is C24H30N4O4. The lowest BCUT2D eigenvalue weighted by Gasteiger charge is -2.27. The second-order valence-corrected chi connectivity index (χ2v) is 9.46. The topological polar surface area (TPSA) is 114 Å². The Morgan fingerprint density at radius 3 is 2.66 bits per heavy atom. The quantitative estimate of drug-likeness (QED) is 0.505. The molecule has 0 amide bonds. The van der Waals surface area contributed by atoms with E-state index in [-0.39, 0.29) is 12.0 Å². The summed E-state index contributed by atoms with van der Waals surface area (Å²) in [5, 5.41) is 20.1. The van der Waals surface area contributed by atoms with Crippen molar-refractivity contribution in [2.24, 2.45) is 5.41 Å². The van der Waals surface area contributed by atoms with E-state index in [1.165, 1.54) is 5.56 Å². The highest BCUT2D eigenvalue weighted by molar-refractivity contribution is 5.69. The fourth-order valence-corrected chi connectivity index (χ4v) is 4.43. The number of benzene rings is 1. The van der Waals surface area contributed by atoms with E-state index in [1.807, 2.05) is 0 Å². The van der Waals surface area contributed by atoms with E-state index in [0.29, 0.717) is 24.0 Å². The van der Waals surface area contributed by atoms with Crippen LogP contribution in [0.5, 0.6) is 0 Å². The lowest BCUT2D eigenvalue weighted by atomic mass is 9.77. The molecule has 0 spiro atoms. The molecule has 2 aromatic heterocycles. The van der Waals surface area contributed by atoms with Crippen molar-refractivity contribution in [2.45, 2.75) is 59.8 Å². The zero-order chi connectivity index (χ0) is 22.9. The molecule has 1 aliphatic rings. The molecule has 4 rings (SSSR count). The maximum atomic E-state index is 10.6. The van der Waals surface area contributed by atoms with Gasteiger partial charge < -0.3 is 19.5 Å². The molecule has 0 radical (unpaired) electrons. The molecule has 2 N–H and O–H groups in total. The first-order valence-electron chi connectivity index (χ1n) is 11.1. The first-order chi connectivity index (χ1) is 15.2. The van der Waals surface area contributed by atoms with Gasteiger partial charge in [0.1, 0.15) is 5.76 Å². The van der Waals surface area contributed by atoms with Crippen molar-refractivity contribution in [1.29, 1.82) is 0 Å². The van der Waals surface area contributed by atoms with Gasteiger partial charge in [-0.25, -0.2) is 0 Å². The van der Waals surface area contributed by atoms with Gasteiger partial charge in [0, 0.05) is 17.5 Å². The molecule has 32 heavy (non-hydrogen) atoms. The maximum absolute atomic E-state index is 10.6. The predicted octanol–water partition coefficient (Wildman–Crippen LogP) is 4.13. The predicted molar refractivity (Wildman–Crippen MR) is 119 cm³/mol. The first kappa shape index (κ1) is 22.2. The molecule has 1 aromatic carbocycles. The highest BCUT2D eigenvalue weighted by Crippen LogP contribution is 2.39. The Labute approximate surface area is 187 Å². The van der Waals surface area contributed by atoms with Gasteiger partial charge in [0.05, 0.1) is 6.54 Å². The number of hydrogen-bond donors (Lipinski definition) is 2. The minimum atomic E-state index is -0.837. The van der Waals surface area contributed by atoms with Crippen molar-refractivity contribution in [2.75, 3.05) is 13.1 Å². The third-order valence-electron chi connectivity index (χ3n) is 6.20. The summed E-state index contributed by atoms with van der Waals surface area (Å²) in [5.74, 6) is 1.02. The summed E-state index contributed by atoms with van der Waals surface area (Å²) >= 11 is 0. The fraction of sp³-hybridized carbons (Fsp3) is 0.500. The first-order valence-corrected chi connectivity index (χ1v) is 11.1. The van der Waals surface area contributed by atoms with Gasteiger partial charge in [-0.3, -0.25) is 4.79 Å². The third kappa shape index (κ3) is 4.75. The molecule has 0 atom stereocenters. The number of fused-ring (bicyclic) bond motifs is 1. The maximum Gasteiger partial charge on any atom is 0.317 e. The van der Waals surface area contributed by atoms with Crippen LogP contribution in [0.1, 0.15) is 54.7 Å². The van der Waals surface area contributed by atoms with Crippen molar-refractivity contribution in [1.82, 2.24) is 20.6 Å². The molecule has 0 fully saturated rings. The van der Waals surface area contributed by atoms with Gasteiger partial charge in [-0.05, 0) is 80.3 Å². The second-order valence-electron chi connectivity index (χ2n) is 9.46. The molecule has 8 heteroatoms. The Kier molecular flexibility index (Phi) is 6.15. The molecule has 1 aliphatic carbocycles. The van der Waals surface area contributed by atoms with E-state index >= 15 is 0 Å². The average molecular weight is 439 g/mol. The minimum Gasteiger partial charge on any atom is -0.480 e. The summed E-state index contributed by atoms with van der Waals surface area (Å²) in [6.45, 7) is 9.29. The number of aliphatic carboxylic acids is 1. The van der Waals surface area contributed by atoms with Gasteiger partial charge in [0.15, 0.2) is 5.69 Å². The fourth-order valence-electron chi connectivity index (χ4n) is 4.43. The average Bonchev–Trinajstić information content (AvgIpc) is 3.35. The van der Waals surface area contributed by atoms with Crippen LogP contribution in [0.25, 0.3) is 23.0 Å². The van der Waals surface area contributed by atoms with Crippen LogP contribution in [0.4, 0.5) is 0 Å². The van der Waals surface area contributed by atoms with Gasteiger partial charge in [-0.1, -0.05) is 24.2 Å². The standard InChI is InChI=1S/C24H30N4O4/c1-14-10-16(11-15(2)17(14)6-5-9-25-13-20(29)30)22-26-23(32-28-22)21-18-7-8-24(3,4)12-19(18)31-27-21/h10-11,25H,5-9,12-13H2,1-4H3,(H,29,30). The van der Waals surface area contributed by atoms with Crippen LogP contribution in [0.3, 0.4) is 0 Å². The van der Waals surface area contributed by atoms with Crippen LogP contribution in [0.2, 0.25) is 0 Å². The highest BCUT2D eigenvalue weighted by Gasteiger charge is 2.32. The van der Waals surface area contributed by atoms with E-state index < -0.39 is 5.97 Å². The van der Waals surface area contributed by atoms with Gasteiger partial charge in [-0.15, -0.1) is 0 Å². The lowest BCUT2D eigenvalue weighted by Crippen LogP contribution is -2.23. The number of carbonyl (C=O) groups is 1. The van der Waals surface area contributed by atoms with Crippen LogP contribution in [-0.2, 0) is 24.1 Å². The normalized spacial score (nSPS) is 15.0. The van der Waals surface area contributed by atoms with Crippen LogP contribution < -0.4 is 5.32 Å². The van der Waals surface area contributed by atoms with Crippen molar-refractivity contribution >= 4 is 5.97 Å². The number of aryl methyl sites for hydroxylation is 2. The number of rotatable bonds is 8. The summed E-state index contributed by atoms with van der Waals surface area (Å²) in [7, 11) is 0. The molecule has 3 aromatic rings. The van der Waals surface area contributed by atoms with Crippen LogP contribution >= 0.6 is 0 Å². The number of carboxylic acids is 1. The summed E-state index contributed by atoms with van der Waals surface area (Å²) in [4.78, 5) is 15.2. The number of hydrogen-bond acceptors (Lipinski definition) is 7. The Morgan fingerprint density at radius 1 is 1.19 bits per heavy atom. The van der Waals surface area contributed by atoms with Gasteiger partial charge >= 0.3 is 5.97 Å². The second kappa shape index (κ2) is 8.86. The highest BCUT2D eigenvalue weighted by atomic mass is 16.5. The molecule has 2 heterocycles. The molecule has 0 bridgehead atoms. The number of nitrogens with one attached hydrogen (secondary N) is 1. The zero-order valence-electron chi connectivity index (χ0n) is 19.1. The van der Waals surface area contributed by atoms with E-state index in [2.05, 4.69) is 60.4 Å². The number of nitrogens with zero attached hydrogens (tertiary/aromatic N) is 3. The van der Waals surface area contributed by atoms with E-state index in [9.17, 15) is 4.79 Å². The van der Waals surface area contributed by atoms with Crippen LogP contribution in [0, 0.1) is 19.3 Å². The number of aromatic nitrogens is 3. The molecule has 0 aliphatic heterocycles. The van der Waals surface area contributed by atoms with Gasteiger partial charge in [0.25, 0.3) is 5.89 Å². The summed E-state index contributed by atoms with van der Waals surface area (Å²) in [6.07, 6.45) is 4.58. The van der Waals surface area contributed by atoms with Crippen LogP contribution in [0.15, 0.2) is 21.2 Å². The Balaban J connectivity index is 1.49. The molecule has 0 saturated heterocycles. The molecule has 0 unspecified atom stereocenters. The summed E-state index contributed by atoms with van der Waals surface area (Å²) in [6, 6.07) is 4.14. The van der Waals surface area contributed by atoms with Gasteiger partial charge in [-0.2, -0.15) is 4.98 Å². The molecule has 0 saturated carbocycles. The monoisotopic (exact) mass is 438 g/mol. The van der Waals surface area contributed by atoms with Gasteiger partial charge in [0.2, 0.25) is 5.82 Å². The summed E-state index contributed by atoms with van der Waals surface area (Å²) < 4.78 is 11.2. The molecule has 170 valence electrons.